The number of nitrogens with one attached hydrogen (secondary N) is 1. The van der Waals surface area contributed by atoms with E-state index < -0.39 is 0 Å². The maximum Gasteiger partial charge on any atom is 0.237 e. The van der Waals surface area contributed by atoms with Gasteiger partial charge in [0, 0.05) is 22.8 Å². The van der Waals surface area contributed by atoms with Crippen LogP contribution in [-0.4, -0.2) is 25.9 Å². The average molecular weight is 413 g/mol. The minimum atomic E-state index is -0.341. The zero-order chi connectivity index (χ0) is 20.1. The third kappa shape index (κ3) is 4.82. The molecule has 0 radical (unpaired) electrons. The van der Waals surface area contributed by atoms with Crippen molar-refractivity contribution in [3.63, 3.8) is 0 Å². The van der Waals surface area contributed by atoms with Gasteiger partial charge in [-0.05, 0) is 55.8 Å². The van der Waals surface area contributed by atoms with Crippen LogP contribution in [0.2, 0.25) is 5.02 Å². The minimum absolute atomic E-state index is 0.0863. The lowest BCUT2D eigenvalue weighted by atomic mass is 10.2. The van der Waals surface area contributed by atoms with Gasteiger partial charge in [-0.3, -0.25) is 9.36 Å². The summed E-state index contributed by atoms with van der Waals surface area (Å²) in [6, 6.07) is 15.1. The third-order valence-corrected chi connectivity index (χ3v) is 5.40. The van der Waals surface area contributed by atoms with E-state index in [1.54, 1.807) is 6.08 Å². The average Bonchev–Trinajstić information content (AvgIpc) is 3.05. The normalized spacial score (nSPS) is 11.8. The first-order chi connectivity index (χ1) is 13.5. The molecule has 0 bridgehead atoms. The van der Waals surface area contributed by atoms with Gasteiger partial charge in [-0.15, -0.1) is 16.8 Å². The van der Waals surface area contributed by atoms with E-state index in [1.165, 1.54) is 11.8 Å². The van der Waals surface area contributed by atoms with Gasteiger partial charge in [0.25, 0.3) is 0 Å². The van der Waals surface area contributed by atoms with Crippen molar-refractivity contribution in [2.45, 2.75) is 30.8 Å². The predicted octanol–water partition coefficient (Wildman–Crippen LogP) is 5.21. The van der Waals surface area contributed by atoms with Crippen molar-refractivity contribution in [3.05, 3.63) is 71.8 Å². The van der Waals surface area contributed by atoms with Crippen LogP contribution in [0.1, 0.15) is 12.5 Å². The number of benzene rings is 2. The molecule has 3 rings (SSSR count). The number of hydrogen-bond donors (Lipinski definition) is 1. The molecule has 1 N–H and O–H groups in total. The molecule has 1 heterocycles. The van der Waals surface area contributed by atoms with E-state index in [1.807, 2.05) is 66.9 Å². The number of aromatic nitrogens is 3. The third-order valence-electron chi connectivity index (χ3n) is 4.07. The second-order valence-corrected chi connectivity index (χ2v) is 8.08. The lowest BCUT2D eigenvalue weighted by molar-refractivity contribution is -0.115. The number of allylic oxidation sites excluding steroid dienone is 1. The highest BCUT2D eigenvalue weighted by atomic mass is 35.5. The van der Waals surface area contributed by atoms with E-state index in [2.05, 4.69) is 22.1 Å². The van der Waals surface area contributed by atoms with Gasteiger partial charge in [0.05, 0.1) is 5.25 Å². The molecule has 7 heteroatoms. The number of hydrogen-bond acceptors (Lipinski definition) is 4. The Labute approximate surface area is 173 Å². The molecule has 1 atom stereocenters. The van der Waals surface area contributed by atoms with Crippen LogP contribution in [0.5, 0.6) is 0 Å². The standard InChI is InChI=1S/C21H21ClN4OS/c1-4-12-26-19(16-8-10-17(22)11-9-16)24-25-21(26)28-15(3)20(27)23-18-7-5-6-14(2)13-18/h4-11,13,15H,1,12H2,2-3H3,(H,23,27)/t15-/m1/s1. The van der Waals surface area contributed by atoms with Crippen molar-refractivity contribution in [2.75, 3.05) is 5.32 Å². The van der Waals surface area contributed by atoms with Crippen LogP contribution in [0.4, 0.5) is 5.69 Å². The van der Waals surface area contributed by atoms with Crippen molar-refractivity contribution in [1.82, 2.24) is 14.8 Å². The monoisotopic (exact) mass is 412 g/mol. The molecule has 5 nitrogen and oxygen atoms in total. The molecular formula is C21H21ClN4OS. The van der Waals surface area contributed by atoms with Crippen LogP contribution in [-0.2, 0) is 11.3 Å². The van der Waals surface area contributed by atoms with Crippen molar-refractivity contribution in [3.8, 4) is 11.4 Å². The molecule has 0 aliphatic heterocycles. The molecule has 0 aliphatic carbocycles. The summed E-state index contributed by atoms with van der Waals surface area (Å²) in [7, 11) is 0. The second kappa shape index (κ2) is 9.08. The fourth-order valence-corrected chi connectivity index (χ4v) is 3.64. The van der Waals surface area contributed by atoms with E-state index in [9.17, 15) is 4.79 Å². The summed E-state index contributed by atoms with van der Waals surface area (Å²) in [5.41, 5.74) is 2.78. The number of halogens is 1. The zero-order valence-corrected chi connectivity index (χ0v) is 17.3. The van der Waals surface area contributed by atoms with E-state index in [4.69, 9.17) is 11.6 Å². The maximum absolute atomic E-state index is 12.6. The van der Waals surface area contributed by atoms with Crippen LogP contribution in [0.15, 0.2) is 66.3 Å². The number of thioether (sulfide) groups is 1. The Morgan fingerprint density at radius 1 is 1.29 bits per heavy atom. The molecule has 1 aromatic heterocycles. The van der Waals surface area contributed by atoms with Crippen LogP contribution < -0.4 is 5.32 Å². The van der Waals surface area contributed by atoms with Crippen LogP contribution >= 0.6 is 23.4 Å². The van der Waals surface area contributed by atoms with E-state index in [0.29, 0.717) is 22.5 Å². The van der Waals surface area contributed by atoms with E-state index in [-0.39, 0.29) is 11.2 Å². The molecule has 0 fully saturated rings. The van der Waals surface area contributed by atoms with Gasteiger partial charge in [-0.1, -0.05) is 41.6 Å². The van der Waals surface area contributed by atoms with E-state index >= 15 is 0 Å². The van der Waals surface area contributed by atoms with Gasteiger partial charge in [-0.25, -0.2) is 0 Å². The Kier molecular flexibility index (Phi) is 6.54. The summed E-state index contributed by atoms with van der Waals surface area (Å²) < 4.78 is 1.94. The molecule has 0 aliphatic rings. The van der Waals surface area contributed by atoms with Gasteiger partial charge >= 0.3 is 0 Å². The number of anilines is 1. The summed E-state index contributed by atoms with van der Waals surface area (Å²) in [6.45, 7) is 8.20. The first-order valence-electron chi connectivity index (χ1n) is 8.82. The number of aryl methyl sites for hydroxylation is 1. The Balaban J connectivity index is 1.78. The summed E-state index contributed by atoms with van der Waals surface area (Å²) >= 11 is 7.34. The molecule has 1 amide bonds. The summed E-state index contributed by atoms with van der Waals surface area (Å²) in [4.78, 5) is 12.6. The highest BCUT2D eigenvalue weighted by Crippen LogP contribution is 2.28. The summed E-state index contributed by atoms with van der Waals surface area (Å²) in [5.74, 6) is 0.627. The number of carbonyl (C=O) groups excluding carboxylic acids is 1. The fraction of sp³-hybridized carbons (Fsp3) is 0.190. The number of carbonyl (C=O) groups is 1. The quantitative estimate of drug-likeness (QED) is 0.427. The number of rotatable bonds is 7. The SMILES string of the molecule is C=CCn1c(S[C@H](C)C(=O)Nc2cccc(C)c2)nnc1-c1ccc(Cl)cc1. The summed E-state index contributed by atoms with van der Waals surface area (Å²) in [6.07, 6.45) is 1.78. The smallest absolute Gasteiger partial charge is 0.237 e. The first-order valence-corrected chi connectivity index (χ1v) is 10.1. The molecule has 0 unspecified atom stereocenters. The van der Waals surface area contributed by atoms with Crippen LogP contribution in [0, 0.1) is 6.92 Å². The van der Waals surface area contributed by atoms with Crippen molar-refractivity contribution < 1.29 is 4.79 Å². The van der Waals surface area contributed by atoms with Crippen molar-refractivity contribution in [2.24, 2.45) is 0 Å². The first kappa shape index (κ1) is 20.2. The highest BCUT2D eigenvalue weighted by Gasteiger charge is 2.20. The van der Waals surface area contributed by atoms with Crippen molar-refractivity contribution >= 4 is 35.0 Å². The largest absolute Gasteiger partial charge is 0.325 e. The Morgan fingerprint density at radius 3 is 2.71 bits per heavy atom. The second-order valence-electron chi connectivity index (χ2n) is 6.33. The van der Waals surface area contributed by atoms with Crippen molar-refractivity contribution in [1.29, 1.82) is 0 Å². The zero-order valence-electron chi connectivity index (χ0n) is 15.7. The molecule has 3 aromatic rings. The van der Waals surface area contributed by atoms with Gasteiger partial charge in [0.1, 0.15) is 0 Å². The van der Waals surface area contributed by atoms with Gasteiger partial charge < -0.3 is 5.32 Å². The van der Waals surface area contributed by atoms with Gasteiger partial charge in [-0.2, -0.15) is 0 Å². The van der Waals surface area contributed by atoms with Crippen LogP contribution in [0.3, 0.4) is 0 Å². The fourth-order valence-electron chi connectivity index (χ4n) is 2.66. The maximum atomic E-state index is 12.6. The lowest BCUT2D eigenvalue weighted by Crippen LogP contribution is -2.23. The summed E-state index contributed by atoms with van der Waals surface area (Å²) in [5, 5.41) is 12.5. The van der Waals surface area contributed by atoms with Gasteiger partial charge in [0.15, 0.2) is 11.0 Å². The Morgan fingerprint density at radius 2 is 2.04 bits per heavy atom. The van der Waals surface area contributed by atoms with Gasteiger partial charge in [0.2, 0.25) is 5.91 Å². The molecular weight excluding hydrogens is 392 g/mol. The number of amides is 1. The minimum Gasteiger partial charge on any atom is -0.325 e. The molecule has 28 heavy (non-hydrogen) atoms. The highest BCUT2D eigenvalue weighted by molar-refractivity contribution is 8.00. The Hall–Kier alpha value is -2.57. The molecule has 0 saturated heterocycles. The predicted molar refractivity (Wildman–Crippen MR) is 116 cm³/mol. The molecule has 0 saturated carbocycles. The van der Waals surface area contributed by atoms with E-state index in [0.717, 1.165) is 16.8 Å². The Bertz CT molecular complexity index is 984. The lowest BCUT2D eigenvalue weighted by Gasteiger charge is -2.13. The topological polar surface area (TPSA) is 59.8 Å². The molecule has 0 spiro atoms. The molecule has 2 aromatic carbocycles. The molecule has 144 valence electrons. The number of nitrogens with zero attached hydrogens (tertiary/aromatic N) is 3. The van der Waals surface area contributed by atoms with Crippen LogP contribution in [0.25, 0.3) is 11.4 Å².